The second-order valence-corrected chi connectivity index (χ2v) is 7.54. The van der Waals surface area contributed by atoms with E-state index in [-0.39, 0.29) is 10.7 Å². The number of aromatic nitrogens is 4. The van der Waals surface area contributed by atoms with Crippen molar-refractivity contribution >= 4 is 45.9 Å². The van der Waals surface area contributed by atoms with Gasteiger partial charge in [0.1, 0.15) is 17.5 Å². The van der Waals surface area contributed by atoms with Crippen LogP contribution in [0.5, 0.6) is 0 Å². The number of nitrogens with one attached hydrogen (secondary N) is 3. The van der Waals surface area contributed by atoms with Gasteiger partial charge >= 0.3 is 0 Å². The molecule has 2 aromatic carbocycles. The van der Waals surface area contributed by atoms with E-state index in [4.69, 9.17) is 18.0 Å². The minimum absolute atomic E-state index is 0.0373. The SMILES string of the molecule is N#Cc1c(NNC(N)=S)nc(SCc2nc3ccccc3[nH]2)nc1-c1ccccc1. The van der Waals surface area contributed by atoms with Crippen LogP contribution in [-0.2, 0) is 5.75 Å². The third kappa shape index (κ3) is 4.32. The molecule has 0 amide bonds. The lowest BCUT2D eigenvalue weighted by molar-refractivity contribution is 0.943. The van der Waals surface area contributed by atoms with Gasteiger partial charge in [-0.05, 0) is 24.4 Å². The van der Waals surface area contributed by atoms with Gasteiger partial charge in [0.05, 0.1) is 22.5 Å². The van der Waals surface area contributed by atoms with Crippen molar-refractivity contribution in [2.24, 2.45) is 5.73 Å². The number of H-pyrrole nitrogens is 1. The van der Waals surface area contributed by atoms with Crippen molar-refractivity contribution in [1.29, 1.82) is 5.26 Å². The molecule has 0 aliphatic rings. The molecule has 0 aliphatic carbocycles. The fourth-order valence-corrected chi connectivity index (χ4v) is 3.60. The van der Waals surface area contributed by atoms with Gasteiger partial charge in [0.25, 0.3) is 0 Å². The topological polar surface area (TPSA) is 128 Å². The lowest BCUT2D eigenvalue weighted by atomic mass is 10.1. The highest BCUT2D eigenvalue weighted by molar-refractivity contribution is 7.98. The Morgan fingerprint density at radius 3 is 2.60 bits per heavy atom. The average molecular weight is 433 g/mol. The minimum Gasteiger partial charge on any atom is -0.375 e. The van der Waals surface area contributed by atoms with E-state index in [2.05, 4.69) is 36.9 Å². The molecule has 0 saturated carbocycles. The first-order chi connectivity index (χ1) is 14.6. The van der Waals surface area contributed by atoms with Crippen LogP contribution in [0.1, 0.15) is 11.4 Å². The fraction of sp³-hybridized carbons (Fsp3) is 0.0500. The molecule has 0 radical (unpaired) electrons. The quantitative estimate of drug-likeness (QED) is 0.157. The van der Waals surface area contributed by atoms with Crippen molar-refractivity contribution in [2.75, 3.05) is 5.43 Å². The van der Waals surface area contributed by atoms with Crippen LogP contribution in [0.4, 0.5) is 5.82 Å². The number of para-hydroxylation sites is 2. The van der Waals surface area contributed by atoms with E-state index in [1.807, 2.05) is 54.6 Å². The number of hydrazine groups is 1. The van der Waals surface area contributed by atoms with Gasteiger partial charge in [-0.15, -0.1) is 0 Å². The highest BCUT2D eigenvalue weighted by Gasteiger charge is 2.17. The van der Waals surface area contributed by atoms with Crippen LogP contribution < -0.4 is 16.6 Å². The average Bonchev–Trinajstić information content (AvgIpc) is 3.19. The van der Waals surface area contributed by atoms with Crippen molar-refractivity contribution in [3.8, 4) is 17.3 Å². The van der Waals surface area contributed by atoms with Crippen LogP contribution in [0.25, 0.3) is 22.3 Å². The Balaban J connectivity index is 1.68. The van der Waals surface area contributed by atoms with Gasteiger partial charge in [-0.3, -0.25) is 10.9 Å². The zero-order chi connectivity index (χ0) is 20.9. The lowest BCUT2D eigenvalue weighted by Crippen LogP contribution is -2.34. The van der Waals surface area contributed by atoms with Crippen LogP contribution >= 0.6 is 24.0 Å². The summed E-state index contributed by atoms with van der Waals surface area (Å²) in [7, 11) is 0. The highest BCUT2D eigenvalue weighted by atomic mass is 32.2. The van der Waals surface area contributed by atoms with Gasteiger partial charge in [-0.25, -0.2) is 15.0 Å². The second-order valence-electron chi connectivity index (χ2n) is 6.16. The summed E-state index contributed by atoms with van der Waals surface area (Å²) >= 11 is 6.25. The molecule has 4 rings (SSSR count). The van der Waals surface area contributed by atoms with Crippen molar-refractivity contribution in [1.82, 2.24) is 25.4 Å². The number of benzene rings is 2. The summed E-state index contributed by atoms with van der Waals surface area (Å²) in [6.45, 7) is 0. The van der Waals surface area contributed by atoms with Crippen molar-refractivity contribution in [2.45, 2.75) is 10.9 Å². The Bertz CT molecular complexity index is 1210. The molecule has 30 heavy (non-hydrogen) atoms. The van der Waals surface area contributed by atoms with Crippen molar-refractivity contribution < 1.29 is 0 Å². The van der Waals surface area contributed by atoms with Crippen molar-refractivity contribution in [3.05, 3.63) is 66.0 Å². The number of aromatic amines is 1. The second kappa shape index (κ2) is 8.77. The number of rotatable bonds is 6. The number of hydrogen-bond donors (Lipinski definition) is 4. The summed E-state index contributed by atoms with van der Waals surface area (Å²) in [5.41, 5.74) is 14.4. The molecule has 0 aliphatic heterocycles. The Hall–Kier alpha value is -3.68. The van der Waals surface area contributed by atoms with E-state index in [1.54, 1.807) is 0 Å². The lowest BCUT2D eigenvalue weighted by Gasteiger charge is -2.13. The molecule has 0 spiro atoms. The third-order valence-corrected chi connectivity index (χ3v) is 5.09. The molecule has 0 unspecified atom stereocenters. The van der Waals surface area contributed by atoms with Crippen molar-refractivity contribution in [3.63, 3.8) is 0 Å². The first kappa shape index (κ1) is 19.6. The van der Waals surface area contributed by atoms with Gasteiger partial charge in [0, 0.05) is 5.56 Å². The fourth-order valence-electron chi connectivity index (χ4n) is 2.83. The maximum atomic E-state index is 9.72. The van der Waals surface area contributed by atoms with Gasteiger partial charge in [-0.2, -0.15) is 5.26 Å². The molecular formula is C20H16N8S2. The minimum atomic E-state index is 0.0373. The van der Waals surface area contributed by atoms with Crippen LogP contribution in [0.2, 0.25) is 0 Å². The predicted molar refractivity (Wildman–Crippen MR) is 121 cm³/mol. The normalized spacial score (nSPS) is 10.5. The molecular weight excluding hydrogens is 416 g/mol. The molecule has 10 heteroatoms. The standard InChI is InChI=1S/C20H16N8S2/c21-10-13-17(12-6-2-1-3-7-12)25-20(26-18(13)27-28-19(22)29)30-11-16-23-14-8-4-5-9-15(14)24-16/h1-9H,11H2,(H,23,24)(H3,22,28,29)(H,25,26,27). The van der Waals surface area contributed by atoms with Crippen LogP contribution in [0, 0.1) is 11.3 Å². The van der Waals surface area contributed by atoms with Gasteiger partial charge < -0.3 is 10.7 Å². The largest absolute Gasteiger partial charge is 0.375 e. The Morgan fingerprint density at radius 2 is 1.87 bits per heavy atom. The molecule has 148 valence electrons. The van der Waals surface area contributed by atoms with Crippen LogP contribution in [0.3, 0.4) is 0 Å². The number of nitrogens with two attached hydrogens (primary N) is 1. The van der Waals surface area contributed by atoms with Gasteiger partial charge in [0.15, 0.2) is 16.1 Å². The highest BCUT2D eigenvalue weighted by Crippen LogP contribution is 2.29. The Kier molecular flexibility index (Phi) is 5.74. The summed E-state index contributed by atoms with van der Waals surface area (Å²) in [6, 6.07) is 19.5. The molecule has 0 fully saturated rings. The summed E-state index contributed by atoms with van der Waals surface area (Å²) in [6.07, 6.45) is 0. The summed E-state index contributed by atoms with van der Waals surface area (Å²) in [5.74, 6) is 1.65. The van der Waals surface area contributed by atoms with E-state index >= 15 is 0 Å². The van der Waals surface area contributed by atoms with Crippen LogP contribution in [-0.4, -0.2) is 25.0 Å². The number of fused-ring (bicyclic) bond motifs is 1. The maximum Gasteiger partial charge on any atom is 0.190 e. The molecule has 2 aromatic heterocycles. The van der Waals surface area contributed by atoms with E-state index in [0.717, 1.165) is 22.4 Å². The molecule has 8 nitrogen and oxygen atoms in total. The first-order valence-corrected chi connectivity index (χ1v) is 10.3. The number of nitriles is 1. The molecule has 4 aromatic rings. The Labute approximate surface area is 181 Å². The first-order valence-electron chi connectivity index (χ1n) is 8.89. The zero-order valence-electron chi connectivity index (χ0n) is 15.6. The number of imidazole rings is 1. The van der Waals surface area contributed by atoms with E-state index in [0.29, 0.717) is 22.4 Å². The summed E-state index contributed by atoms with van der Waals surface area (Å²) < 4.78 is 0. The number of anilines is 1. The van der Waals surface area contributed by atoms with E-state index in [1.165, 1.54) is 11.8 Å². The third-order valence-electron chi connectivity index (χ3n) is 4.13. The zero-order valence-corrected chi connectivity index (χ0v) is 17.2. The molecule has 0 atom stereocenters. The van der Waals surface area contributed by atoms with E-state index in [9.17, 15) is 5.26 Å². The Morgan fingerprint density at radius 1 is 1.10 bits per heavy atom. The number of nitrogens with zero attached hydrogens (tertiary/aromatic N) is 4. The monoisotopic (exact) mass is 432 g/mol. The predicted octanol–water partition coefficient (Wildman–Crippen LogP) is 3.34. The molecule has 0 saturated heterocycles. The summed E-state index contributed by atoms with van der Waals surface area (Å²) in [5, 5.41) is 10.2. The molecule has 0 bridgehead atoms. The molecule has 5 N–H and O–H groups in total. The number of thioether (sulfide) groups is 1. The summed E-state index contributed by atoms with van der Waals surface area (Å²) in [4.78, 5) is 17.0. The maximum absolute atomic E-state index is 9.72. The smallest absolute Gasteiger partial charge is 0.190 e. The molecule has 2 heterocycles. The van der Waals surface area contributed by atoms with E-state index < -0.39 is 0 Å². The van der Waals surface area contributed by atoms with Crippen LogP contribution in [0.15, 0.2) is 59.8 Å². The van der Waals surface area contributed by atoms with Gasteiger partial charge in [-0.1, -0.05) is 54.2 Å². The van der Waals surface area contributed by atoms with Gasteiger partial charge in [0.2, 0.25) is 0 Å². The number of thiocarbonyl (C=S) groups is 1. The number of hydrogen-bond acceptors (Lipinski definition) is 7.